The van der Waals surface area contributed by atoms with E-state index in [1.807, 2.05) is 30.3 Å². The maximum absolute atomic E-state index is 12.2. The van der Waals surface area contributed by atoms with Gasteiger partial charge in [-0.05, 0) is 12.1 Å². The second-order valence-corrected chi connectivity index (χ2v) is 5.95. The zero-order chi connectivity index (χ0) is 15.9. The number of rotatable bonds is 6. The molecule has 1 saturated heterocycles. The van der Waals surface area contributed by atoms with Crippen molar-refractivity contribution in [2.24, 2.45) is 4.99 Å². The van der Waals surface area contributed by atoms with Gasteiger partial charge < -0.3 is 10.1 Å². The van der Waals surface area contributed by atoms with E-state index in [0.29, 0.717) is 18.3 Å². The number of hydrogen-bond donors (Lipinski definition) is 1. The minimum atomic E-state index is -0.421. The Labute approximate surface area is 133 Å². The fraction of sp³-hybridized carbons (Fsp3) is 0.400. The smallest absolute Gasteiger partial charge is 0.242 e. The number of nitrogens with zero attached hydrogens (tertiary/aromatic N) is 2. The number of ether oxygens (including phenoxy) is 1. The highest BCUT2D eigenvalue weighted by Crippen LogP contribution is 2.30. The zero-order valence-electron chi connectivity index (χ0n) is 12.6. The number of nitrogens with one attached hydrogen (secondary N) is 1. The number of carbonyl (C=O) groups excluding carboxylic acids is 2. The van der Waals surface area contributed by atoms with Crippen LogP contribution in [-0.4, -0.2) is 54.4 Å². The molecule has 1 aliphatic heterocycles. The average Bonchev–Trinajstić information content (AvgIpc) is 2.77. The largest absolute Gasteiger partial charge is 0.383 e. The van der Waals surface area contributed by atoms with E-state index >= 15 is 0 Å². The van der Waals surface area contributed by atoms with Crippen molar-refractivity contribution in [3.05, 3.63) is 30.3 Å². The van der Waals surface area contributed by atoms with Crippen LogP contribution in [0.4, 0.5) is 5.69 Å². The molecule has 1 aliphatic rings. The Morgan fingerprint density at radius 2 is 2.14 bits per heavy atom. The molecule has 6 nitrogen and oxygen atoms in total. The highest BCUT2D eigenvalue weighted by atomic mass is 32.2. The van der Waals surface area contributed by atoms with Gasteiger partial charge in [0.15, 0.2) is 5.17 Å². The van der Waals surface area contributed by atoms with Gasteiger partial charge in [0.05, 0.1) is 12.3 Å². The summed E-state index contributed by atoms with van der Waals surface area (Å²) in [5, 5.41) is 2.92. The maximum atomic E-state index is 12.2. The van der Waals surface area contributed by atoms with Crippen molar-refractivity contribution in [2.75, 3.05) is 27.3 Å². The molecule has 0 aromatic heterocycles. The third-order valence-electron chi connectivity index (χ3n) is 3.12. The van der Waals surface area contributed by atoms with Gasteiger partial charge in [0.2, 0.25) is 11.8 Å². The fourth-order valence-electron chi connectivity index (χ4n) is 1.94. The molecule has 1 atom stereocenters. The fourth-order valence-corrected chi connectivity index (χ4v) is 3.10. The van der Waals surface area contributed by atoms with Gasteiger partial charge in [-0.3, -0.25) is 14.5 Å². The minimum Gasteiger partial charge on any atom is -0.383 e. The number of aliphatic imine (C=N–C) groups is 1. The lowest BCUT2D eigenvalue weighted by atomic mass is 10.2. The summed E-state index contributed by atoms with van der Waals surface area (Å²) in [7, 11) is 3.25. The summed E-state index contributed by atoms with van der Waals surface area (Å²) in [4.78, 5) is 30.0. The van der Waals surface area contributed by atoms with Crippen LogP contribution in [0.1, 0.15) is 6.42 Å². The molecule has 1 aromatic carbocycles. The molecular formula is C15H19N3O3S. The van der Waals surface area contributed by atoms with E-state index in [-0.39, 0.29) is 18.2 Å². The number of thioether (sulfide) groups is 1. The molecule has 1 N–H and O–H groups in total. The number of benzene rings is 1. The zero-order valence-corrected chi connectivity index (χ0v) is 13.4. The Morgan fingerprint density at radius 1 is 1.41 bits per heavy atom. The summed E-state index contributed by atoms with van der Waals surface area (Å²) < 4.78 is 4.87. The highest BCUT2D eigenvalue weighted by Gasteiger charge is 2.36. The first-order valence-electron chi connectivity index (χ1n) is 6.95. The average molecular weight is 321 g/mol. The molecule has 118 valence electrons. The van der Waals surface area contributed by atoms with Gasteiger partial charge in [0, 0.05) is 27.1 Å². The highest BCUT2D eigenvalue weighted by molar-refractivity contribution is 8.15. The molecular weight excluding hydrogens is 302 g/mol. The maximum Gasteiger partial charge on any atom is 0.242 e. The number of para-hydroxylation sites is 1. The Balaban J connectivity index is 1.97. The Kier molecular flexibility index (Phi) is 5.97. The summed E-state index contributed by atoms with van der Waals surface area (Å²) in [6.07, 6.45) is 0.144. The molecule has 0 radical (unpaired) electrons. The van der Waals surface area contributed by atoms with Crippen LogP contribution in [0.15, 0.2) is 35.3 Å². The first-order valence-corrected chi connectivity index (χ1v) is 7.83. The van der Waals surface area contributed by atoms with Gasteiger partial charge in [0.1, 0.15) is 5.25 Å². The van der Waals surface area contributed by atoms with Gasteiger partial charge in [-0.25, -0.2) is 4.99 Å². The second-order valence-electron chi connectivity index (χ2n) is 4.78. The predicted molar refractivity (Wildman–Crippen MR) is 87.2 cm³/mol. The monoisotopic (exact) mass is 321 g/mol. The lowest BCUT2D eigenvalue weighted by Crippen LogP contribution is -2.33. The van der Waals surface area contributed by atoms with Crippen LogP contribution in [0.5, 0.6) is 0 Å². The molecule has 0 unspecified atom stereocenters. The molecule has 0 aliphatic carbocycles. The van der Waals surface area contributed by atoms with Crippen molar-refractivity contribution in [3.8, 4) is 0 Å². The van der Waals surface area contributed by atoms with Crippen LogP contribution in [-0.2, 0) is 14.3 Å². The van der Waals surface area contributed by atoms with Crippen LogP contribution in [0.25, 0.3) is 0 Å². The number of amides is 2. The van der Waals surface area contributed by atoms with Crippen molar-refractivity contribution in [2.45, 2.75) is 11.7 Å². The Hall–Kier alpha value is -1.86. The molecule has 0 saturated carbocycles. The van der Waals surface area contributed by atoms with Crippen LogP contribution in [0.3, 0.4) is 0 Å². The predicted octanol–water partition coefficient (Wildman–Crippen LogP) is 1.40. The summed E-state index contributed by atoms with van der Waals surface area (Å²) >= 11 is 1.32. The topological polar surface area (TPSA) is 71.0 Å². The van der Waals surface area contributed by atoms with Crippen LogP contribution in [0.2, 0.25) is 0 Å². The van der Waals surface area contributed by atoms with E-state index in [1.165, 1.54) is 16.7 Å². The molecule has 1 aromatic rings. The quantitative estimate of drug-likeness (QED) is 0.804. The van der Waals surface area contributed by atoms with E-state index < -0.39 is 5.25 Å². The third-order valence-corrected chi connectivity index (χ3v) is 4.35. The van der Waals surface area contributed by atoms with E-state index in [9.17, 15) is 9.59 Å². The normalized spacial score (nSPS) is 19.7. The van der Waals surface area contributed by atoms with Crippen LogP contribution in [0, 0.1) is 0 Å². The van der Waals surface area contributed by atoms with Gasteiger partial charge in [-0.1, -0.05) is 30.0 Å². The van der Waals surface area contributed by atoms with E-state index in [1.54, 1.807) is 14.2 Å². The lowest BCUT2D eigenvalue weighted by Gasteiger charge is -2.09. The molecule has 7 heteroatoms. The summed E-state index contributed by atoms with van der Waals surface area (Å²) in [5.41, 5.74) is 0.787. The molecule has 2 amide bonds. The lowest BCUT2D eigenvalue weighted by molar-refractivity contribution is -0.128. The molecule has 0 spiro atoms. The minimum absolute atomic E-state index is 0.0958. The van der Waals surface area contributed by atoms with Gasteiger partial charge in [0.25, 0.3) is 0 Å². The van der Waals surface area contributed by atoms with Crippen molar-refractivity contribution >= 4 is 34.4 Å². The third kappa shape index (κ3) is 4.32. The van der Waals surface area contributed by atoms with E-state index in [2.05, 4.69) is 10.3 Å². The molecule has 0 bridgehead atoms. The van der Waals surface area contributed by atoms with Gasteiger partial charge >= 0.3 is 0 Å². The standard InChI is InChI=1S/C15H19N3O3S/c1-18-14(20)12(10-13(19)16-8-9-21-2)22-15(18)17-11-6-4-3-5-7-11/h3-7,12H,8-10H2,1-2H3,(H,16,19)/t12-/m1/s1. The number of carbonyl (C=O) groups is 2. The summed E-state index contributed by atoms with van der Waals surface area (Å²) in [6.45, 7) is 0.903. The Bertz CT molecular complexity index is 562. The second kappa shape index (κ2) is 7.95. The first-order chi connectivity index (χ1) is 10.6. The van der Waals surface area contributed by atoms with Crippen LogP contribution >= 0.6 is 11.8 Å². The molecule has 22 heavy (non-hydrogen) atoms. The SMILES string of the molecule is COCCNC(=O)C[C@H]1SC(=Nc2ccccc2)N(C)C1=O. The van der Waals surface area contributed by atoms with E-state index in [0.717, 1.165) is 5.69 Å². The Morgan fingerprint density at radius 3 is 2.82 bits per heavy atom. The van der Waals surface area contributed by atoms with Crippen LogP contribution < -0.4 is 5.32 Å². The van der Waals surface area contributed by atoms with Crippen molar-refractivity contribution in [1.29, 1.82) is 0 Å². The first kappa shape index (κ1) is 16.5. The number of amidine groups is 1. The van der Waals surface area contributed by atoms with Crippen molar-refractivity contribution in [3.63, 3.8) is 0 Å². The molecule has 2 rings (SSSR count). The van der Waals surface area contributed by atoms with E-state index in [4.69, 9.17) is 4.74 Å². The summed E-state index contributed by atoms with van der Waals surface area (Å²) in [5.74, 6) is -0.251. The number of methoxy groups -OCH3 is 1. The summed E-state index contributed by atoms with van der Waals surface area (Å²) in [6, 6.07) is 9.43. The van der Waals surface area contributed by atoms with Gasteiger partial charge in [-0.15, -0.1) is 0 Å². The van der Waals surface area contributed by atoms with Crippen molar-refractivity contribution in [1.82, 2.24) is 10.2 Å². The van der Waals surface area contributed by atoms with Crippen molar-refractivity contribution < 1.29 is 14.3 Å². The number of hydrogen-bond acceptors (Lipinski definition) is 5. The molecule has 1 fully saturated rings. The molecule has 1 heterocycles. The van der Waals surface area contributed by atoms with Gasteiger partial charge in [-0.2, -0.15) is 0 Å².